The monoisotopic (exact) mass is 551 g/mol. The number of carbonyl (C=O) groups excluding carboxylic acids is 1. The first-order chi connectivity index (χ1) is 20.2. The smallest absolute Gasteiger partial charge is 0.254 e. The predicted octanol–water partition coefficient (Wildman–Crippen LogP) is 4.72. The van der Waals surface area contributed by atoms with E-state index >= 15 is 0 Å². The van der Waals surface area contributed by atoms with Crippen molar-refractivity contribution in [3.8, 4) is 5.75 Å². The molecule has 7 heteroatoms. The molecule has 4 aromatic rings. The molecule has 41 heavy (non-hydrogen) atoms. The summed E-state index contributed by atoms with van der Waals surface area (Å²) < 4.78 is 12.1. The normalized spacial score (nSPS) is 14.4. The number of nitrogens with zero attached hydrogens (tertiary/aromatic N) is 3. The highest BCUT2D eigenvalue weighted by atomic mass is 16.5. The van der Waals surface area contributed by atoms with E-state index in [9.17, 15) is 9.90 Å². The molecule has 5 rings (SSSR count). The average Bonchev–Trinajstić information content (AvgIpc) is 2.99. The van der Waals surface area contributed by atoms with Crippen LogP contribution in [0.4, 0.5) is 0 Å². The van der Waals surface area contributed by atoms with Gasteiger partial charge in [-0.25, -0.2) is 0 Å². The molecule has 3 aromatic carbocycles. The lowest BCUT2D eigenvalue weighted by Gasteiger charge is -2.24. The van der Waals surface area contributed by atoms with Crippen LogP contribution in [0.25, 0.3) is 0 Å². The zero-order chi connectivity index (χ0) is 28.3. The van der Waals surface area contributed by atoms with E-state index in [-0.39, 0.29) is 19.1 Å². The van der Waals surface area contributed by atoms with E-state index in [1.165, 1.54) is 5.56 Å². The molecule has 0 fully saturated rings. The summed E-state index contributed by atoms with van der Waals surface area (Å²) in [5.41, 5.74) is 5.93. The van der Waals surface area contributed by atoms with Gasteiger partial charge in [0, 0.05) is 50.9 Å². The Labute approximate surface area is 242 Å². The van der Waals surface area contributed by atoms with Crippen molar-refractivity contribution in [1.29, 1.82) is 0 Å². The first kappa shape index (κ1) is 28.5. The van der Waals surface area contributed by atoms with Gasteiger partial charge in [-0.15, -0.1) is 0 Å². The SMILES string of the molecule is O=C(c1ccc2c(c1)Cc1cccc(c1)CN(Cc1ccccn1)CCOCCO2)N(CCO)Cc1ccccc1. The number of fused-ring (bicyclic) bond motifs is 3. The molecule has 0 spiro atoms. The fraction of sp³-hybridized carbons (Fsp3) is 0.294. The van der Waals surface area contributed by atoms with E-state index in [0.29, 0.717) is 38.3 Å². The first-order valence-corrected chi connectivity index (χ1v) is 14.2. The quantitative estimate of drug-likeness (QED) is 0.358. The minimum atomic E-state index is -0.118. The summed E-state index contributed by atoms with van der Waals surface area (Å²) in [7, 11) is 0. The van der Waals surface area contributed by atoms with Gasteiger partial charge >= 0.3 is 0 Å². The zero-order valence-corrected chi connectivity index (χ0v) is 23.3. The summed E-state index contributed by atoms with van der Waals surface area (Å²) in [6.45, 7) is 4.40. The second-order valence-corrected chi connectivity index (χ2v) is 10.2. The fourth-order valence-corrected chi connectivity index (χ4v) is 5.11. The van der Waals surface area contributed by atoms with Crippen molar-refractivity contribution in [2.75, 3.05) is 39.5 Å². The summed E-state index contributed by atoms with van der Waals surface area (Å²) >= 11 is 0. The molecule has 1 aliphatic heterocycles. The van der Waals surface area contributed by atoms with Gasteiger partial charge in [0.1, 0.15) is 12.4 Å². The molecule has 0 aliphatic carbocycles. The van der Waals surface area contributed by atoms with Crippen LogP contribution < -0.4 is 4.74 Å². The average molecular weight is 552 g/mol. The number of hydrogen-bond acceptors (Lipinski definition) is 6. The number of hydrogen-bond donors (Lipinski definition) is 1. The number of aliphatic hydroxyl groups excluding tert-OH is 1. The summed E-state index contributed by atoms with van der Waals surface area (Å²) in [6.07, 6.45) is 2.46. The topological polar surface area (TPSA) is 75.1 Å². The molecule has 0 saturated carbocycles. The summed E-state index contributed by atoms with van der Waals surface area (Å²) in [6, 6.07) is 30.0. The molecule has 212 valence electrons. The molecule has 2 heterocycles. The van der Waals surface area contributed by atoms with E-state index in [2.05, 4.69) is 34.1 Å². The van der Waals surface area contributed by atoms with Crippen molar-refractivity contribution in [3.05, 3.63) is 131 Å². The molecule has 1 amide bonds. The Morgan fingerprint density at radius 3 is 2.59 bits per heavy atom. The van der Waals surface area contributed by atoms with Gasteiger partial charge < -0.3 is 19.5 Å². The third-order valence-electron chi connectivity index (χ3n) is 7.12. The molecule has 1 aromatic heterocycles. The van der Waals surface area contributed by atoms with Crippen molar-refractivity contribution in [2.45, 2.75) is 26.1 Å². The standard InChI is InChI=1S/C34H37N3O4/c38-17-15-37(25-27-7-2-1-3-8-27)34(39)30-12-13-33-31(23-30)22-28-9-6-10-29(21-28)24-36(16-18-40-19-20-41-33)26-32-11-4-5-14-35-32/h1-14,21,23,38H,15-20,22,24-26H2. The molecule has 0 saturated heterocycles. The zero-order valence-electron chi connectivity index (χ0n) is 23.3. The van der Waals surface area contributed by atoms with Crippen LogP contribution in [0.3, 0.4) is 0 Å². The number of aliphatic hydroxyl groups is 1. The van der Waals surface area contributed by atoms with Gasteiger partial charge in [0.25, 0.3) is 5.91 Å². The Morgan fingerprint density at radius 2 is 1.76 bits per heavy atom. The maximum Gasteiger partial charge on any atom is 0.254 e. The van der Waals surface area contributed by atoms with Crippen LogP contribution in [0.15, 0.2) is 97.2 Å². The summed E-state index contributed by atoms with van der Waals surface area (Å²) in [5, 5.41) is 9.67. The van der Waals surface area contributed by atoms with E-state index in [1.54, 1.807) is 4.90 Å². The van der Waals surface area contributed by atoms with Crippen molar-refractivity contribution >= 4 is 5.91 Å². The van der Waals surface area contributed by atoms with Crippen LogP contribution in [0.2, 0.25) is 0 Å². The highest BCUT2D eigenvalue weighted by molar-refractivity contribution is 5.94. The molecule has 7 nitrogen and oxygen atoms in total. The second-order valence-electron chi connectivity index (χ2n) is 10.2. The highest BCUT2D eigenvalue weighted by Gasteiger charge is 2.19. The Morgan fingerprint density at radius 1 is 0.902 bits per heavy atom. The second kappa shape index (κ2) is 14.6. The molecule has 0 atom stereocenters. The number of carbonyl (C=O) groups is 1. The maximum atomic E-state index is 13.6. The lowest BCUT2D eigenvalue weighted by atomic mass is 9.99. The van der Waals surface area contributed by atoms with E-state index in [1.807, 2.05) is 72.9 Å². The Kier molecular flexibility index (Phi) is 10.1. The Bertz CT molecular complexity index is 1400. The summed E-state index contributed by atoms with van der Waals surface area (Å²) in [4.78, 5) is 22.1. The van der Waals surface area contributed by atoms with Crippen LogP contribution in [0.1, 0.15) is 38.3 Å². The lowest BCUT2D eigenvalue weighted by Crippen LogP contribution is -2.33. The van der Waals surface area contributed by atoms with Crippen molar-refractivity contribution in [3.63, 3.8) is 0 Å². The molecular weight excluding hydrogens is 514 g/mol. The number of pyridine rings is 1. The van der Waals surface area contributed by atoms with Crippen LogP contribution in [0, 0.1) is 0 Å². The molecule has 1 N–H and O–H groups in total. The minimum absolute atomic E-state index is 0.100. The van der Waals surface area contributed by atoms with Gasteiger partial charge in [-0.3, -0.25) is 14.7 Å². The number of ether oxygens (including phenoxy) is 2. The molecule has 1 aliphatic rings. The van der Waals surface area contributed by atoms with E-state index in [4.69, 9.17) is 9.47 Å². The maximum absolute atomic E-state index is 13.6. The minimum Gasteiger partial charge on any atom is -0.491 e. The van der Waals surface area contributed by atoms with E-state index < -0.39 is 0 Å². The Hall–Kier alpha value is -4.04. The summed E-state index contributed by atoms with van der Waals surface area (Å²) in [5.74, 6) is 0.633. The molecule has 0 radical (unpaired) electrons. The van der Waals surface area contributed by atoms with Gasteiger partial charge in [0.2, 0.25) is 0 Å². The van der Waals surface area contributed by atoms with Gasteiger partial charge in [0.15, 0.2) is 0 Å². The number of amides is 1. The Balaban J connectivity index is 1.39. The third kappa shape index (κ3) is 8.24. The van der Waals surface area contributed by atoms with Crippen molar-refractivity contribution < 1.29 is 19.4 Å². The molecular formula is C34H37N3O4. The van der Waals surface area contributed by atoms with Crippen LogP contribution >= 0.6 is 0 Å². The van der Waals surface area contributed by atoms with Gasteiger partial charge in [0.05, 0.1) is 25.5 Å². The number of rotatable bonds is 7. The van der Waals surface area contributed by atoms with Gasteiger partial charge in [-0.05, 0) is 52.6 Å². The van der Waals surface area contributed by atoms with Crippen LogP contribution in [-0.2, 0) is 30.8 Å². The molecule has 0 unspecified atom stereocenters. The van der Waals surface area contributed by atoms with Crippen LogP contribution in [0.5, 0.6) is 5.75 Å². The fourth-order valence-electron chi connectivity index (χ4n) is 5.11. The van der Waals surface area contributed by atoms with Gasteiger partial charge in [-0.1, -0.05) is 60.7 Å². The highest BCUT2D eigenvalue weighted by Crippen LogP contribution is 2.26. The van der Waals surface area contributed by atoms with E-state index in [0.717, 1.165) is 47.8 Å². The van der Waals surface area contributed by atoms with Gasteiger partial charge in [-0.2, -0.15) is 0 Å². The predicted molar refractivity (Wildman–Crippen MR) is 159 cm³/mol. The molecule has 2 bridgehead atoms. The van der Waals surface area contributed by atoms with Crippen molar-refractivity contribution in [2.24, 2.45) is 0 Å². The number of benzene rings is 3. The van der Waals surface area contributed by atoms with Crippen LogP contribution in [-0.4, -0.2) is 65.3 Å². The third-order valence-corrected chi connectivity index (χ3v) is 7.12. The largest absolute Gasteiger partial charge is 0.491 e. The lowest BCUT2D eigenvalue weighted by molar-refractivity contribution is 0.0706. The number of aromatic nitrogens is 1. The first-order valence-electron chi connectivity index (χ1n) is 14.2. The van der Waals surface area contributed by atoms with Crippen molar-refractivity contribution in [1.82, 2.24) is 14.8 Å².